The molecule has 2 rings (SSSR count). The summed E-state index contributed by atoms with van der Waals surface area (Å²) in [7, 11) is 4.54. The van der Waals surface area contributed by atoms with E-state index in [1.807, 2.05) is 13.8 Å². The molecule has 0 saturated carbocycles. The molecule has 1 aliphatic rings. The van der Waals surface area contributed by atoms with Gasteiger partial charge in [0.05, 0.1) is 40.6 Å². The van der Waals surface area contributed by atoms with E-state index in [0.717, 1.165) is 0 Å². The van der Waals surface area contributed by atoms with Gasteiger partial charge in [0.1, 0.15) is 0 Å². The van der Waals surface area contributed by atoms with Crippen molar-refractivity contribution >= 4 is 11.9 Å². The van der Waals surface area contributed by atoms with E-state index >= 15 is 0 Å². The van der Waals surface area contributed by atoms with Gasteiger partial charge in [-0.3, -0.25) is 4.79 Å². The Labute approximate surface area is 190 Å². The van der Waals surface area contributed by atoms with Crippen molar-refractivity contribution in [2.75, 3.05) is 60.7 Å². The number of nitrogens with one attached hydrogen (secondary N) is 1. The highest BCUT2D eigenvalue weighted by atomic mass is 16.5. The standard InChI is InChI=1S/C23H35N3O6/c1-7-8-24-23(28)25-9-10-32-18(14-25)15-26(13-16(2)3)22(27)17-11-19(29-4)21(31-6)20(12-17)30-5/h7,11-12,16,18H,1,8-10,13-15H2,2-6H3,(H,24,28). The van der Waals surface area contributed by atoms with Crippen LogP contribution in [-0.2, 0) is 4.74 Å². The summed E-state index contributed by atoms with van der Waals surface area (Å²) in [5, 5.41) is 2.79. The molecule has 0 aliphatic carbocycles. The molecule has 1 fully saturated rings. The van der Waals surface area contributed by atoms with E-state index in [1.165, 1.54) is 21.3 Å². The van der Waals surface area contributed by atoms with E-state index in [2.05, 4.69) is 11.9 Å². The van der Waals surface area contributed by atoms with Gasteiger partial charge in [-0.05, 0) is 18.1 Å². The van der Waals surface area contributed by atoms with Gasteiger partial charge in [-0.2, -0.15) is 0 Å². The zero-order chi connectivity index (χ0) is 23.7. The van der Waals surface area contributed by atoms with Crippen LogP contribution >= 0.6 is 0 Å². The molecule has 9 nitrogen and oxygen atoms in total. The Balaban J connectivity index is 2.22. The number of ether oxygens (including phenoxy) is 4. The Hall–Kier alpha value is -2.94. The number of benzene rings is 1. The van der Waals surface area contributed by atoms with Crippen LogP contribution in [0.2, 0.25) is 0 Å². The van der Waals surface area contributed by atoms with Crippen LogP contribution in [0.5, 0.6) is 17.2 Å². The number of urea groups is 1. The fraction of sp³-hybridized carbons (Fsp3) is 0.565. The Morgan fingerprint density at radius 2 is 1.91 bits per heavy atom. The molecule has 1 aromatic carbocycles. The SMILES string of the molecule is C=CCNC(=O)N1CCOC(CN(CC(C)C)C(=O)c2cc(OC)c(OC)c(OC)c2)C1. The Morgan fingerprint density at radius 3 is 2.44 bits per heavy atom. The summed E-state index contributed by atoms with van der Waals surface area (Å²) in [6.45, 7) is 10.3. The van der Waals surface area contributed by atoms with Crippen LogP contribution in [0.4, 0.5) is 4.79 Å². The summed E-state index contributed by atoms with van der Waals surface area (Å²) in [5.41, 5.74) is 0.427. The number of morpholine rings is 1. The van der Waals surface area contributed by atoms with E-state index in [-0.39, 0.29) is 24.0 Å². The predicted molar refractivity (Wildman–Crippen MR) is 122 cm³/mol. The fourth-order valence-corrected chi connectivity index (χ4v) is 3.60. The van der Waals surface area contributed by atoms with Gasteiger partial charge in [0.2, 0.25) is 5.75 Å². The molecule has 0 spiro atoms. The zero-order valence-corrected chi connectivity index (χ0v) is 19.7. The molecule has 178 valence electrons. The van der Waals surface area contributed by atoms with Crippen LogP contribution < -0.4 is 19.5 Å². The molecular weight excluding hydrogens is 414 g/mol. The van der Waals surface area contributed by atoms with Crippen LogP contribution in [0, 0.1) is 5.92 Å². The average molecular weight is 450 g/mol. The summed E-state index contributed by atoms with van der Waals surface area (Å²) in [4.78, 5) is 29.2. The molecule has 9 heteroatoms. The number of hydrogen-bond donors (Lipinski definition) is 1. The molecule has 1 N–H and O–H groups in total. The minimum atomic E-state index is -0.289. The number of rotatable bonds is 10. The smallest absolute Gasteiger partial charge is 0.317 e. The fourth-order valence-electron chi connectivity index (χ4n) is 3.60. The van der Waals surface area contributed by atoms with Gasteiger partial charge in [-0.1, -0.05) is 19.9 Å². The van der Waals surface area contributed by atoms with Gasteiger partial charge in [0.25, 0.3) is 5.91 Å². The molecule has 1 unspecified atom stereocenters. The first kappa shape index (κ1) is 25.3. The third-order valence-corrected chi connectivity index (χ3v) is 5.03. The third-order valence-electron chi connectivity index (χ3n) is 5.03. The van der Waals surface area contributed by atoms with E-state index in [4.69, 9.17) is 18.9 Å². The number of carbonyl (C=O) groups excluding carboxylic acids is 2. The van der Waals surface area contributed by atoms with Gasteiger partial charge in [-0.25, -0.2) is 4.79 Å². The zero-order valence-electron chi connectivity index (χ0n) is 19.7. The van der Waals surface area contributed by atoms with Crippen molar-refractivity contribution in [2.24, 2.45) is 5.92 Å². The molecule has 1 heterocycles. The first-order valence-corrected chi connectivity index (χ1v) is 10.7. The molecule has 0 aromatic heterocycles. The second-order valence-electron chi connectivity index (χ2n) is 7.93. The Morgan fingerprint density at radius 1 is 1.25 bits per heavy atom. The van der Waals surface area contributed by atoms with Crippen molar-refractivity contribution in [2.45, 2.75) is 20.0 Å². The van der Waals surface area contributed by atoms with Gasteiger partial charge >= 0.3 is 6.03 Å². The van der Waals surface area contributed by atoms with Crippen LogP contribution in [0.3, 0.4) is 0 Å². The topological polar surface area (TPSA) is 89.6 Å². The maximum absolute atomic E-state index is 13.5. The van der Waals surface area contributed by atoms with Crippen LogP contribution in [0.1, 0.15) is 24.2 Å². The number of hydrogen-bond acceptors (Lipinski definition) is 6. The summed E-state index contributed by atoms with van der Waals surface area (Å²) < 4.78 is 22.0. The highest BCUT2D eigenvalue weighted by Crippen LogP contribution is 2.38. The highest BCUT2D eigenvalue weighted by molar-refractivity contribution is 5.95. The van der Waals surface area contributed by atoms with E-state index in [9.17, 15) is 9.59 Å². The highest BCUT2D eigenvalue weighted by Gasteiger charge is 2.29. The van der Waals surface area contributed by atoms with E-state index in [1.54, 1.807) is 28.0 Å². The molecule has 1 saturated heterocycles. The van der Waals surface area contributed by atoms with E-state index in [0.29, 0.717) is 62.1 Å². The van der Waals surface area contributed by atoms with Crippen LogP contribution in [0.25, 0.3) is 0 Å². The van der Waals surface area contributed by atoms with Crippen molar-refractivity contribution in [3.05, 3.63) is 30.4 Å². The Kier molecular flexibility index (Phi) is 9.64. The minimum Gasteiger partial charge on any atom is -0.493 e. The van der Waals surface area contributed by atoms with Crippen molar-refractivity contribution in [3.8, 4) is 17.2 Å². The van der Waals surface area contributed by atoms with Gasteiger partial charge in [0.15, 0.2) is 11.5 Å². The Bertz CT molecular complexity index is 773. The quantitative estimate of drug-likeness (QED) is 0.552. The van der Waals surface area contributed by atoms with Gasteiger partial charge in [-0.15, -0.1) is 6.58 Å². The molecule has 1 atom stereocenters. The normalized spacial score (nSPS) is 15.8. The molecule has 0 bridgehead atoms. The molecule has 1 aliphatic heterocycles. The molecule has 1 aromatic rings. The summed E-state index contributed by atoms with van der Waals surface area (Å²) >= 11 is 0. The number of methoxy groups -OCH3 is 3. The lowest BCUT2D eigenvalue weighted by molar-refractivity contribution is -0.0286. The lowest BCUT2D eigenvalue weighted by atomic mass is 10.1. The summed E-state index contributed by atoms with van der Waals surface area (Å²) in [6, 6.07) is 3.13. The summed E-state index contributed by atoms with van der Waals surface area (Å²) in [5.74, 6) is 1.34. The lowest BCUT2D eigenvalue weighted by Crippen LogP contribution is -2.53. The monoisotopic (exact) mass is 449 g/mol. The van der Waals surface area contributed by atoms with Crippen molar-refractivity contribution in [3.63, 3.8) is 0 Å². The summed E-state index contributed by atoms with van der Waals surface area (Å²) in [6.07, 6.45) is 1.35. The maximum Gasteiger partial charge on any atom is 0.317 e. The number of amides is 3. The van der Waals surface area contributed by atoms with Crippen LogP contribution in [-0.4, -0.2) is 88.5 Å². The largest absolute Gasteiger partial charge is 0.493 e. The average Bonchev–Trinajstić information content (AvgIpc) is 2.80. The minimum absolute atomic E-state index is 0.162. The van der Waals surface area contributed by atoms with Crippen molar-refractivity contribution < 1.29 is 28.5 Å². The second-order valence-corrected chi connectivity index (χ2v) is 7.93. The van der Waals surface area contributed by atoms with Crippen LogP contribution in [0.15, 0.2) is 24.8 Å². The maximum atomic E-state index is 13.5. The predicted octanol–water partition coefficient (Wildman–Crippen LogP) is 2.41. The first-order valence-electron chi connectivity index (χ1n) is 10.7. The molecule has 3 amide bonds. The number of carbonyl (C=O) groups is 2. The lowest BCUT2D eigenvalue weighted by Gasteiger charge is -2.36. The van der Waals surface area contributed by atoms with Gasteiger partial charge < -0.3 is 34.1 Å². The first-order chi connectivity index (χ1) is 15.3. The number of nitrogens with zero attached hydrogens (tertiary/aromatic N) is 2. The van der Waals surface area contributed by atoms with Gasteiger partial charge in [0, 0.05) is 31.7 Å². The van der Waals surface area contributed by atoms with E-state index < -0.39 is 0 Å². The molecule has 0 radical (unpaired) electrons. The van der Waals surface area contributed by atoms with Crippen molar-refractivity contribution in [1.29, 1.82) is 0 Å². The third kappa shape index (κ3) is 6.53. The molecular formula is C23H35N3O6. The molecule has 32 heavy (non-hydrogen) atoms. The van der Waals surface area contributed by atoms with Crippen molar-refractivity contribution in [1.82, 2.24) is 15.1 Å². The second kappa shape index (κ2) is 12.2.